The third-order valence-corrected chi connectivity index (χ3v) is 6.24. The fourth-order valence-electron chi connectivity index (χ4n) is 4.37. The fourth-order valence-corrected chi connectivity index (χ4v) is 4.37. The number of benzene rings is 3. The zero-order valence-electron chi connectivity index (χ0n) is 20.1. The van der Waals surface area contributed by atoms with Gasteiger partial charge in [-0.1, -0.05) is 6.07 Å². The summed E-state index contributed by atoms with van der Waals surface area (Å²) in [6.07, 6.45) is -1.79. The Hall–Kier alpha value is -5.10. The van der Waals surface area contributed by atoms with E-state index in [0.717, 1.165) is 24.3 Å². The van der Waals surface area contributed by atoms with Gasteiger partial charge in [0, 0.05) is 12.0 Å². The normalized spacial score (nSPS) is 18.3. The lowest BCUT2D eigenvalue weighted by atomic mass is 9.95. The standard InChI is InChI=1S/C27H23NO11/c29-14-6-4-12(5-7-14)25(35)28-17-10-15(30)11-21(17)39-27(38)13-8-19(32)23(20(33)9-13)24(34)22-16(26(36)37)2-1-3-18(22)31/h1-9,15,17,21,29-33H,10-11H2,(H,28,35)(H,36,37)/t15?,17-,21+/m0/s1. The highest BCUT2D eigenvalue weighted by molar-refractivity contribution is 6.18. The Bertz CT molecular complexity index is 1440. The number of carboxylic acid groups (broad SMARTS) is 1. The number of phenols is 4. The molecule has 0 spiro atoms. The highest BCUT2D eigenvalue weighted by atomic mass is 16.5. The van der Waals surface area contributed by atoms with Crippen LogP contribution in [-0.2, 0) is 4.74 Å². The molecule has 3 aromatic carbocycles. The minimum Gasteiger partial charge on any atom is -0.508 e. The van der Waals surface area contributed by atoms with Gasteiger partial charge in [-0.25, -0.2) is 9.59 Å². The van der Waals surface area contributed by atoms with Gasteiger partial charge >= 0.3 is 11.9 Å². The number of aromatic carboxylic acids is 1. The summed E-state index contributed by atoms with van der Waals surface area (Å²) in [5, 5.41) is 62.5. The van der Waals surface area contributed by atoms with Crippen molar-refractivity contribution in [2.75, 3.05) is 0 Å². The van der Waals surface area contributed by atoms with Gasteiger partial charge in [-0.3, -0.25) is 9.59 Å². The van der Waals surface area contributed by atoms with Gasteiger partial charge in [0.1, 0.15) is 34.7 Å². The molecule has 0 bridgehead atoms. The molecule has 0 radical (unpaired) electrons. The van der Waals surface area contributed by atoms with Crippen LogP contribution >= 0.6 is 0 Å². The van der Waals surface area contributed by atoms with E-state index in [4.69, 9.17) is 4.74 Å². The number of hydrogen-bond donors (Lipinski definition) is 7. The highest BCUT2D eigenvalue weighted by Crippen LogP contribution is 2.35. The van der Waals surface area contributed by atoms with Gasteiger partial charge in [-0.15, -0.1) is 0 Å². The van der Waals surface area contributed by atoms with Gasteiger partial charge in [-0.05, 0) is 55.0 Å². The Morgan fingerprint density at radius 2 is 1.44 bits per heavy atom. The number of ether oxygens (including phenoxy) is 1. The third kappa shape index (κ3) is 5.60. The lowest BCUT2D eigenvalue weighted by molar-refractivity contribution is 0.0227. The number of aliphatic hydroxyl groups is 1. The smallest absolute Gasteiger partial charge is 0.338 e. The monoisotopic (exact) mass is 537 g/mol. The largest absolute Gasteiger partial charge is 0.508 e. The highest BCUT2D eigenvalue weighted by Gasteiger charge is 2.38. The van der Waals surface area contributed by atoms with Crippen molar-refractivity contribution >= 4 is 23.6 Å². The molecular weight excluding hydrogens is 514 g/mol. The van der Waals surface area contributed by atoms with Gasteiger partial charge < -0.3 is 40.7 Å². The van der Waals surface area contributed by atoms with Crippen LogP contribution in [0.3, 0.4) is 0 Å². The molecule has 4 rings (SSSR count). The van der Waals surface area contributed by atoms with Crippen molar-refractivity contribution in [1.82, 2.24) is 5.32 Å². The van der Waals surface area contributed by atoms with Crippen LogP contribution in [0.25, 0.3) is 0 Å². The number of aromatic hydroxyl groups is 4. The Morgan fingerprint density at radius 3 is 2.05 bits per heavy atom. The van der Waals surface area contributed by atoms with Crippen molar-refractivity contribution in [3.63, 3.8) is 0 Å². The predicted octanol–water partition coefficient (Wildman–Crippen LogP) is 1.92. The molecule has 3 aromatic rings. The first-order valence-electron chi connectivity index (χ1n) is 11.6. The van der Waals surface area contributed by atoms with Crippen LogP contribution < -0.4 is 5.32 Å². The number of rotatable bonds is 7. The first kappa shape index (κ1) is 26.9. The minimum absolute atomic E-state index is 0.00789. The van der Waals surface area contributed by atoms with Crippen LogP contribution in [0.1, 0.15) is 59.8 Å². The number of amides is 1. The average Bonchev–Trinajstić information content (AvgIpc) is 3.21. The molecule has 0 saturated heterocycles. The molecule has 1 saturated carbocycles. The number of carbonyl (C=O) groups is 4. The van der Waals surface area contributed by atoms with Gasteiger partial charge in [-0.2, -0.15) is 0 Å². The van der Waals surface area contributed by atoms with Gasteiger partial charge in [0.25, 0.3) is 5.91 Å². The van der Waals surface area contributed by atoms with Crippen molar-refractivity contribution in [3.05, 3.63) is 82.4 Å². The molecule has 1 aliphatic carbocycles. The van der Waals surface area contributed by atoms with Crippen LogP contribution in [0.15, 0.2) is 54.6 Å². The number of ketones is 1. The van der Waals surface area contributed by atoms with Crippen molar-refractivity contribution < 1.29 is 54.6 Å². The maximum Gasteiger partial charge on any atom is 0.338 e. The van der Waals surface area contributed by atoms with Gasteiger partial charge in [0.05, 0.1) is 28.8 Å². The molecule has 0 heterocycles. The number of nitrogens with one attached hydrogen (secondary N) is 1. The molecule has 7 N–H and O–H groups in total. The number of phenolic OH excluding ortho intramolecular Hbond substituents is 4. The van der Waals surface area contributed by atoms with E-state index >= 15 is 0 Å². The third-order valence-electron chi connectivity index (χ3n) is 6.24. The molecule has 39 heavy (non-hydrogen) atoms. The van der Waals surface area contributed by atoms with Crippen LogP contribution in [0.5, 0.6) is 23.0 Å². The lowest BCUT2D eigenvalue weighted by Gasteiger charge is -2.21. The Balaban J connectivity index is 1.54. The molecule has 0 aliphatic heterocycles. The predicted molar refractivity (Wildman–Crippen MR) is 132 cm³/mol. The first-order valence-corrected chi connectivity index (χ1v) is 11.6. The molecule has 1 amide bonds. The maximum absolute atomic E-state index is 13.0. The van der Waals surface area contributed by atoms with E-state index < -0.39 is 75.8 Å². The molecule has 12 heteroatoms. The molecular formula is C27H23NO11. The molecule has 12 nitrogen and oxygen atoms in total. The van der Waals surface area contributed by atoms with Crippen molar-refractivity contribution in [1.29, 1.82) is 0 Å². The van der Waals surface area contributed by atoms with Crippen molar-refractivity contribution in [3.8, 4) is 23.0 Å². The first-order chi connectivity index (χ1) is 18.5. The van der Waals surface area contributed by atoms with E-state index in [0.29, 0.717) is 0 Å². The van der Waals surface area contributed by atoms with Crippen LogP contribution in [0.2, 0.25) is 0 Å². The summed E-state index contributed by atoms with van der Waals surface area (Å²) in [5.74, 6) is -6.78. The van der Waals surface area contributed by atoms with E-state index in [1.165, 1.54) is 30.3 Å². The van der Waals surface area contributed by atoms with E-state index in [2.05, 4.69) is 5.32 Å². The Morgan fingerprint density at radius 1 is 0.795 bits per heavy atom. The summed E-state index contributed by atoms with van der Waals surface area (Å²) in [4.78, 5) is 49.8. The second kappa shape index (κ2) is 10.7. The summed E-state index contributed by atoms with van der Waals surface area (Å²) in [5.41, 5.74) is -2.13. The van der Waals surface area contributed by atoms with E-state index in [9.17, 15) is 49.8 Å². The van der Waals surface area contributed by atoms with Crippen LogP contribution in [-0.4, -0.2) is 72.5 Å². The average molecular weight is 537 g/mol. The Kier molecular flexibility index (Phi) is 7.40. The van der Waals surface area contributed by atoms with Crippen molar-refractivity contribution in [2.24, 2.45) is 0 Å². The fraction of sp³-hybridized carbons (Fsp3) is 0.185. The second-order valence-electron chi connectivity index (χ2n) is 8.92. The number of aliphatic hydroxyl groups excluding tert-OH is 1. The molecule has 0 aromatic heterocycles. The summed E-state index contributed by atoms with van der Waals surface area (Å²) in [7, 11) is 0. The van der Waals surface area contributed by atoms with E-state index in [1.54, 1.807) is 0 Å². The molecule has 1 aliphatic rings. The van der Waals surface area contributed by atoms with E-state index in [-0.39, 0.29) is 29.7 Å². The summed E-state index contributed by atoms with van der Waals surface area (Å²) in [6, 6.07) is 9.62. The lowest BCUT2D eigenvalue weighted by Crippen LogP contribution is -2.42. The van der Waals surface area contributed by atoms with Crippen LogP contribution in [0.4, 0.5) is 0 Å². The number of carboxylic acids is 1. The topological polar surface area (TPSA) is 211 Å². The molecule has 202 valence electrons. The zero-order chi connectivity index (χ0) is 28.4. The SMILES string of the molecule is O=C(N[C@H]1CC(O)C[C@H]1OC(=O)c1cc(O)c(C(=O)c2c(O)cccc2C(=O)O)c(O)c1)c1ccc(O)cc1. The summed E-state index contributed by atoms with van der Waals surface area (Å²) < 4.78 is 5.42. The molecule has 3 atom stereocenters. The minimum atomic E-state index is -1.53. The Labute approximate surface area is 220 Å². The van der Waals surface area contributed by atoms with Crippen LogP contribution in [0, 0.1) is 0 Å². The molecule has 1 unspecified atom stereocenters. The number of esters is 1. The quantitative estimate of drug-likeness (QED) is 0.171. The zero-order valence-corrected chi connectivity index (χ0v) is 20.1. The van der Waals surface area contributed by atoms with Crippen molar-refractivity contribution in [2.45, 2.75) is 31.1 Å². The van der Waals surface area contributed by atoms with Gasteiger partial charge in [0.15, 0.2) is 0 Å². The van der Waals surface area contributed by atoms with E-state index in [1.807, 2.05) is 0 Å². The molecule has 1 fully saturated rings. The summed E-state index contributed by atoms with van der Waals surface area (Å²) in [6.45, 7) is 0. The number of hydrogen-bond acceptors (Lipinski definition) is 10. The number of carbonyl (C=O) groups excluding carboxylic acids is 3. The summed E-state index contributed by atoms with van der Waals surface area (Å²) >= 11 is 0. The van der Waals surface area contributed by atoms with Gasteiger partial charge in [0.2, 0.25) is 5.78 Å². The second-order valence-corrected chi connectivity index (χ2v) is 8.92. The maximum atomic E-state index is 13.0.